The summed E-state index contributed by atoms with van der Waals surface area (Å²) in [5, 5.41) is 3.05. The van der Waals surface area contributed by atoms with Crippen LogP contribution in [0.4, 0.5) is 20.3 Å². The van der Waals surface area contributed by atoms with Gasteiger partial charge >= 0.3 is 0 Å². The first-order valence-corrected chi connectivity index (χ1v) is 8.77. The van der Waals surface area contributed by atoms with E-state index in [-0.39, 0.29) is 17.3 Å². The van der Waals surface area contributed by atoms with E-state index < -0.39 is 17.7 Å². The number of aromatic nitrogens is 3. The van der Waals surface area contributed by atoms with Gasteiger partial charge in [-0.15, -0.1) is 0 Å². The van der Waals surface area contributed by atoms with Crippen LogP contribution in [0.1, 0.15) is 34.6 Å². The summed E-state index contributed by atoms with van der Waals surface area (Å²) in [5.41, 5.74) is 7.03. The second-order valence-electron chi connectivity index (χ2n) is 6.90. The fourth-order valence-electron chi connectivity index (χ4n) is 3.33. The molecule has 0 unspecified atom stereocenters. The summed E-state index contributed by atoms with van der Waals surface area (Å²) in [6.07, 6.45) is -0.225. The largest absolute Gasteiger partial charge is 0.383 e. The maximum Gasteiger partial charge on any atom is 0.293 e. The van der Waals surface area contributed by atoms with Crippen LogP contribution in [-0.2, 0) is 16.8 Å². The highest BCUT2D eigenvalue weighted by Gasteiger charge is 2.54. The van der Waals surface area contributed by atoms with Crippen molar-refractivity contribution in [2.45, 2.75) is 31.3 Å². The standard InChI is InChI=1S/C19H19F2N5O2/c1-28-9-10-2-4-11(5-3-10)24-17(27)16-25-14(22)13-12(8-23-15(13)26-16)19(6-7-19)18(20)21/h2-5,8,18H,6-7,9H2,1H3,(H,24,27)(H3,22,23,25,26). The van der Waals surface area contributed by atoms with Crippen LogP contribution < -0.4 is 11.1 Å². The fourth-order valence-corrected chi connectivity index (χ4v) is 3.33. The maximum absolute atomic E-state index is 13.5. The number of alkyl halides is 2. The van der Waals surface area contributed by atoms with E-state index in [9.17, 15) is 13.6 Å². The van der Waals surface area contributed by atoms with Gasteiger partial charge in [-0.3, -0.25) is 4.79 Å². The Balaban J connectivity index is 1.60. The number of aromatic amines is 1. The molecule has 7 nitrogen and oxygen atoms in total. The Hall–Kier alpha value is -3.07. The van der Waals surface area contributed by atoms with E-state index in [4.69, 9.17) is 10.5 Å². The van der Waals surface area contributed by atoms with Gasteiger partial charge in [0.05, 0.1) is 17.4 Å². The van der Waals surface area contributed by atoms with Crippen molar-refractivity contribution in [3.8, 4) is 0 Å². The lowest BCUT2D eigenvalue weighted by Gasteiger charge is -2.13. The number of nitrogens with two attached hydrogens (primary N) is 1. The Morgan fingerprint density at radius 2 is 2.04 bits per heavy atom. The molecule has 2 aromatic heterocycles. The number of nitrogen functional groups attached to an aromatic ring is 1. The molecular formula is C19H19F2N5O2. The predicted octanol–water partition coefficient (Wildman–Crippen LogP) is 3.24. The highest BCUT2D eigenvalue weighted by molar-refractivity contribution is 6.03. The lowest BCUT2D eigenvalue weighted by molar-refractivity contribution is 0.101. The number of rotatable bonds is 6. The molecule has 0 radical (unpaired) electrons. The van der Waals surface area contributed by atoms with Gasteiger partial charge in [-0.05, 0) is 36.1 Å². The molecule has 1 aliphatic carbocycles. The summed E-state index contributed by atoms with van der Waals surface area (Å²) in [6, 6.07) is 7.13. The summed E-state index contributed by atoms with van der Waals surface area (Å²) in [7, 11) is 1.60. The van der Waals surface area contributed by atoms with Crippen molar-refractivity contribution in [1.29, 1.82) is 0 Å². The zero-order chi connectivity index (χ0) is 19.9. The van der Waals surface area contributed by atoms with Crippen molar-refractivity contribution >= 4 is 28.4 Å². The number of fused-ring (bicyclic) bond motifs is 1. The fraction of sp³-hybridized carbons (Fsp3) is 0.316. The molecule has 9 heteroatoms. The molecule has 1 amide bonds. The number of carbonyl (C=O) groups excluding carboxylic acids is 1. The van der Waals surface area contributed by atoms with Crippen LogP contribution in [-0.4, -0.2) is 34.4 Å². The van der Waals surface area contributed by atoms with E-state index in [2.05, 4.69) is 20.3 Å². The topological polar surface area (TPSA) is 106 Å². The number of anilines is 2. The Morgan fingerprint density at radius 3 is 2.64 bits per heavy atom. The number of carbonyl (C=O) groups is 1. The minimum Gasteiger partial charge on any atom is -0.383 e. The molecule has 0 saturated heterocycles. The van der Waals surface area contributed by atoms with E-state index >= 15 is 0 Å². The summed E-state index contributed by atoms with van der Waals surface area (Å²) in [5.74, 6) is -0.672. The highest BCUT2D eigenvalue weighted by Crippen LogP contribution is 2.54. The second kappa shape index (κ2) is 6.83. The SMILES string of the molecule is COCc1ccc(NC(=O)c2nc(N)c3c(C4(C(F)F)CC4)c[nH]c3n2)cc1. The van der Waals surface area contributed by atoms with Crippen LogP contribution in [0, 0.1) is 0 Å². The van der Waals surface area contributed by atoms with Gasteiger partial charge in [0.1, 0.15) is 11.5 Å². The Labute approximate surface area is 159 Å². The van der Waals surface area contributed by atoms with Crippen LogP contribution in [0.15, 0.2) is 30.5 Å². The van der Waals surface area contributed by atoms with Crippen LogP contribution in [0.5, 0.6) is 0 Å². The molecule has 4 N–H and O–H groups in total. The monoisotopic (exact) mass is 387 g/mol. The first kappa shape index (κ1) is 18.3. The van der Waals surface area contributed by atoms with Crippen molar-refractivity contribution in [2.24, 2.45) is 0 Å². The molecule has 1 fully saturated rings. The molecule has 1 aliphatic rings. The molecule has 0 atom stereocenters. The van der Waals surface area contributed by atoms with Crippen LogP contribution >= 0.6 is 0 Å². The van der Waals surface area contributed by atoms with Crippen molar-refractivity contribution < 1.29 is 18.3 Å². The van der Waals surface area contributed by atoms with Gasteiger partial charge in [0.2, 0.25) is 12.2 Å². The summed E-state index contributed by atoms with van der Waals surface area (Å²) < 4.78 is 32.0. The molecule has 4 rings (SSSR count). The van der Waals surface area contributed by atoms with Crippen molar-refractivity contribution in [3.05, 3.63) is 47.4 Å². The summed E-state index contributed by atoms with van der Waals surface area (Å²) >= 11 is 0. The van der Waals surface area contributed by atoms with E-state index in [1.54, 1.807) is 19.2 Å². The van der Waals surface area contributed by atoms with Crippen LogP contribution in [0.25, 0.3) is 11.0 Å². The van der Waals surface area contributed by atoms with E-state index in [1.807, 2.05) is 12.1 Å². The lowest BCUT2D eigenvalue weighted by atomic mass is 9.97. The van der Waals surface area contributed by atoms with Gasteiger partial charge in [-0.2, -0.15) is 0 Å². The van der Waals surface area contributed by atoms with Crippen molar-refractivity contribution in [3.63, 3.8) is 0 Å². The van der Waals surface area contributed by atoms with Crippen LogP contribution in [0.2, 0.25) is 0 Å². The third kappa shape index (κ3) is 3.07. The van der Waals surface area contributed by atoms with E-state index in [1.165, 1.54) is 6.20 Å². The first-order valence-electron chi connectivity index (χ1n) is 8.77. The number of methoxy groups -OCH3 is 1. The average Bonchev–Trinajstić information content (AvgIpc) is 3.37. The molecule has 0 aliphatic heterocycles. The zero-order valence-corrected chi connectivity index (χ0v) is 15.1. The van der Waals surface area contributed by atoms with Crippen molar-refractivity contribution in [2.75, 3.05) is 18.2 Å². The minimum atomic E-state index is -2.49. The minimum absolute atomic E-state index is 0.00812. The number of nitrogens with one attached hydrogen (secondary N) is 2. The number of hydrogen-bond donors (Lipinski definition) is 3. The Kier molecular flexibility index (Phi) is 4.46. The van der Waals surface area contributed by atoms with Crippen LogP contribution in [0.3, 0.4) is 0 Å². The molecular weight excluding hydrogens is 368 g/mol. The molecule has 2 heterocycles. The normalized spacial score (nSPS) is 15.1. The Bertz CT molecular complexity index is 1030. The van der Waals surface area contributed by atoms with E-state index in [0.717, 1.165) is 5.56 Å². The van der Waals surface area contributed by atoms with Crippen molar-refractivity contribution in [1.82, 2.24) is 15.0 Å². The van der Waals surface area contributed by atoms with Gasteiger partial charge in [0.25, 0.3) is 5.91 Å². The first-order chi connectivity index (χ1) is 13.4. The average molecular weight is 387 g/mol. The molecule has 146 valence electrons. The van der Waals surface area contributed by atoms with Gasteiger partial charge in [-0.1, -0.05) is 12.1 Å². The molecule has 1 saturated carbocycles. The number of amides is 1. The molecule has 3 aromatic rings. The second-order valence-corrected chi connectivity index (χ2v) is 6.90. The summed E-state index contributed by atoms with van der Waals surface area (Å²) in [4.78, 5) is 23.6. The molecule has 28 heavy (non-hydrogen) atoms. The van der Waals surface area contributed by atoms with E-state index in [0.29, 0.717) is 36.1 Å². The number of halogens is 2. The van der Waals surface area contributed by atoms with Gasteiger partial charge in [-0.25, -0.2) is 18.7 Å². The number of ether oxygens (including phenoxy) is 1. The number of hydrogen-bond acceptors (Lipinski definition) is 5. The zero-order valence-electron chi connectivity index (χ0n) is 15.1. The Morgan fingerprint density at radius 1 is 1.32 bits per heavy atom. The molecule has 1 aromatic carbocycles. The molecule has 0 bridgehead atoms. The predicted molar refractivity (Wildman–Crippen MR) is 100 cm³/mol. The smallest absolute Gasteiger partial charge is 0.293 e. The maximum atomic E-state index is 13.5. The van der Waals surface area contributed by atoms with Gasteiger partial charge in [0.15, 0.2) is 0 Å². The highest BCUT2D eigenvalue weighted by atomic mass is 19.3. The molecule has 0 spiro atoms. The van der Waals surface area contributed by atoms with Gasteiger partial charge in [0, 0.05) is 19.0 Å². The third-order valence-electron chi connectivity index (χ3n) is 5.03. The quantitative estimate of drug-likeness (QED) is 0.602. The number of benzene rings is 1. The summed E-state index contributed by atoms with van der Waals surface area (Å²) in [6.45, 7) is 0.472. The lowest BCUT2D eigenvalue weighted by Crippen LogP contribution is -2.19. The third-order valence-corrected chi connectivity index (χ3v) is 5.03. The number of H-pyrrole nitrogens is 1. The van der Waals surface area contributed by atoms with Gasteiger partial charge < -0.3 is 20.8 Å². The number of nitrogens with zero attached hydrogens (tertiary/aromatic N) is 2.